The Balaban J connectivity index is 2.26. The van der Waals surface area contributed by atoms with E-state index in [0.717, 1.165) is 5.56 Å². The maximum atomic E-state index is 14.0. The molecule has 1 aliphatic carbocycles. The number of ether oxygens (including phenoxy) is 3. The summed E-state index contributed by atoms with van der Waals surface area (Å²) in [5.74, 6) is -1.06. The van der Waals surface area contributed by atoms with Crippen LogP contribution in [0.2, 0.25) is 0 Å². The number of nitrogens with one attached hydrogen (secondary N) is 2. The van der Waals surface area contributed by atoms with Crippen LogP contribution in [0, 0.1) is 23.2 Å². The number of amides is 2. The van der Waals surface area contributed by atoms with Crippen LogP contribution in [-0.4, -0.2) is 48.2 Å². The van der Waals surface area contributed by atoms with E-state index in [-0.39, 0.29) is 61.7 Å². The monoisotopic (exact) mass is 574 g/mol. The number of benzene rings is 1. The molecule has 0 unspecified atom stereocenters. The summed E-state index contributed by atoms with van der Waals surface area (Å²) in [5, 5.41) is 5.95. The summed E-state index contributed by atoms with van der Waals surface area (Å²) in [6.07, 6.45) is 1.28. The molecule has 1 aromatic rings. The number of alkyl carbamates (subject to hydrolysis) is 1. The zero-order valence-corrected chi connectivity index (χ0v) is 26.1. The molecule has 0 bridgehead atoms. The Kier molecular flexibility index (Phi) is 12.7. The van der Waals surface area contributed by atoms with Crippen molar-refractivity contribution >= 4 is 23.9 Å². The molecule has 230 valence electrons. The van der Waals surface area contributed by atoms with E-state index in [0.29, 0.717) is 19.3 Å². The molecule has 0 heterocycles. The number of hydrogen-bond acceptors (Lipinski definition) is 7. The predicted molar refractivity (Wildman–Crippen MR) is 157 cm³/mol. The molecule has 1 saturated carbocycles. The second-order valence-corrected chi connectivity index (χ2v) is 12.9. The summed E-state index contributed by atoms with van der Waals surface area (Å²) >= 11 is 0. The fourth-order valence-corrected chi connectivity index (χ4v) is 5.19. The molecule has 1 fully saturated rings. The fraction of sp³-hybridized carbons (Fsp3) is 0.688. The molecule has 2 amide bonds. The first kappa shape index (κ1) is 34.1. The molecule has 0 saturated heterocycles. The highest BCUT2D eigenvalue weighted by molar-refractivity contribution is 5.91. The van der Waals surface area contributed by atoms with Crippen LogP contribution in [0.3, 0.4) is 0 Å². The second kappa shape index (κ2) is 15.2. The van der Waals surface area contributed by atoms with Crippen LogP contribution in [0.25, 0.3) is 0 Å². The van der Waals surface area contributed by atoms with Gasteiger partial charge in [-0.3, -0.25) is 9.59 Å². The van der Waals surface area contributed by atoms with Gasteiger partial charge in [0.15, 0.2) is 0 Å². The van der Waals surface area contributed by atoms with Crippen LogP contribution in [0.5, 0.6) is 0 Å². The second-order valence-electron chi connectivity index (χ2n) is 12.9. The minimum atomic E-state index is -0.934. The van der Waals surface area contributed by atoms with E-state index in [1.807, 2.05) is 58.0 Å². The zero-order chi connectivity index (χ0) is 30.8. The van der Waals surface area contributed by atoms with Crippen LogP contribution in [0.1, 0.15) is 93.1 Å². The van der Waals surface area contributed by atoms with Crippen molar-refractivity contribution in [2.75, 3.05) is 6.61 Å². The van der Waals surface area contributed by atoms with Crippen molar-refractivity contribution < 1.29 is 33.4 Å². The van der Waals surface area contributed by atoms with Gasteiger partial charge in [-0.05, 0) is 76.7 Å². The van der Waals surface area contributed by atoms with E-state index in [1.165, 1.54) is 0 Å². The Bertz CT molecular complexity index is 1020. The lowest BCUT2D eigenvalue weighted by atomic mass is 9.89. The predicted octanol–water partition coefficient (Wildman–Crippen LogP) is 5.55. The molecule has 9 nitrogen and oxygen atoms in total. The number of esters is 2. The molecule has 1 aromatic carbocycles. The van der Waals surface area contributed by atoms with Crippen molar-refractivity contribution in [1.29, 1.82) is 0 Å². The SMILES string of the molecule is CCOC(=O)CC[C@@]1(C(=O)N[C@@H](CC(C)C)C(=O)OCc2ccccc2)C[C@@H]1[C@H](CC(C)C)NC(=O)OC(C)(C)C. The van der Waals surface area contributed by atoms with Gasteiger partial charge < -0.3 is 24.8 Å². The summed E-state index contributed by atoms with van der Waals surface area (Å²) in [5.41, 5.74) is -0.747. The highest BCUT2D eigenvalue weighted by Crippen LogP contribution is 2.59. The molecule has 1 aliphatic rings. The zero-order valence-electron chi connectivity index (χ0n) is 26.1. The summed E-state index contributed by atoms with van der Waals surface area (Å²) < 4.78 is 16.2. The van der Waals surface area contributed by atoms with Crippen molar-refractivity contribution in [3.05, 3.63) is 35.9 Å². The van der Waals surface area contributed by atoms with Gasteiger partial charge in [0.2, 0.25) is 5.91 Å². The van der Waals surface area contributed by atoms with Crippen LogP contribution in [-0.2, 0) is 35.2 Å². The molecule has 4 atom stereocenters. The van der Waals surface area contributed by atoms with Crippen molar-refractivity contribution in [1.82, 2.24) is 10.6 Å². The third-order valence-electron chi connectivity index (χ3n) is 7.10. The molecule has 2 N–H and O–H groups in total. The lowest BCUT2D eigenvalue weighted by Crippen LogP contribution is -2.48. The highest BCUT2D eigenvalue weighted by Gasteiger charge is 2.63. The smallest absolute Gasteiger partial charge is 0.407 e. The Morgan fingerprint density at radius 3 is 2.15 bits per heavy atom. The first-order valence-corrected chi connectivity index (χ1v) is 14.8. The summed E-state index contributed by atoms with van der Waals surface area (Å²) in [4.78, 5) is 52.1. The Morgan fingerprint density at radius 1 is 0.951 bits per heavy atom. The van der Waals surface area contributed by atoms with Gasteiger partial charge in [-0.15, -0.1) is 0 Å². The maximum Gasteiger partial charge on any atom is 0.407 e. The lowest BCUT2D eigenvalue weighted by Gasteiger charge is -2.28. The maximum absolute atomic E-state index is 14.0. The van der Waals surface area contributed by atoms with Crippen molar-refractivity contribution in [3.8, 4) is 0 Å². The molecule has 41 heavy (non-hydrogen) atoms. The van der Waals surface area contributed by atoms with E-state index < -0.39 is 29.1 Å². The van der Waals surface area contributed by atoms with Gasteiger partial charge in [0.1, 0.15) is 18.2 Å². The van der Waals surface area contributed by atoms with E-state index in [2.05, 4.69) is 10.6 Å². The average molecular weight is 575 g/mol. The first-order chi connectivity index (χ1) is 19.2. The molecular weight excluding hydrogens is 524 g/mol. The first-order valence-electron chi connectivity index (χ1n) is 14.8. The van der Waals surface area contributed by atoms with E-state index in [4.69, 9.17) is 14.2 Å². The summed E-state index contributed by atoms with van der Waals surface area (Å²) in [7, 11) is 0. The number of rotatable bonds is 15. The topological polar surface area (TPSA) is 120 Å². The molecule has 9 heteroatoms. The van der Waals surface area contributed by atoms with Gasteiger partial charge in [0.25, 0.3) is 0 Å². The molecule has 0 aromatic heterocycles. The van der Waals surface area contributed by atoms with Crippen LogP contribution >= 0.6 is 0 Å². The van der Waals surface area contributed by atoms with Gasteiger partial charge in [-0.25, -0.2) is 9.59 Å². The average Bonchev–Trinajstić information content (AvgIpc) is 3.60. The molecular formula is C32H50N2O7. The third-order valence-corrected chi connectivity index (χ3v) is 7.10. The molecule has 0 aliphatic heterocycles. The van der Waals surface area contributed by atoms with Gasteiger partial charge in [0.05, 0.1) is 12.0 Å². The molecule has 2 rings (SSSR count). The summed E-state index contributed by atoms with van der Waals surface area (Å²) in [6, 6.07) is 8.19. The number of hydrogen-bond donors (Lipinski definition) is 2. The van der Waals surface area contributed by atoms with Gasteiger partial charge in [-0.2, -0.15) is 0 Å². The van der Waals surface area contributed by atoms with Crippen molar-refractivity contribution in [3.63, 3.8) is 0 Å². The highest BCUT2D eigenvalue weighted by atomic mass is 16.6. The standard InChI is InChI=1S/C32H50N2O7/c1-9-39-27(35)15-16-32(19-24(32)25(17-21(2)3)34-30(38)41-31(6,7)8)29(37)33-26(18-22(4)5)28(36)40-20-23-13-11-10-12-14-23/h10-14,21-22,24-26H,9,15-20H2,1-8H3,(H,33,37)(H,34,38)/t24-,25+,26+,32-/m1/s1. The van der Waals surface area contributed by atoms with Crippen molar-refractivity contribution in [2.45, 2.75) is 112 Å². The Labute approximate surface area is 245 Å². The van der Waals surface area contributed by atoms with Gasteiger partial charge in [-0.1, -0.05) is 58.0 Å². The van der Waals surface area contributed by atoms with Crippen LogP contribution < -0.4 is 10.6 Å². The quantitative estimate of drug-likeness (QED) is 0.208. The minimum absolute atomic E-state index is 0.0614. The Hall–Kier alpha value is -3.10. The van der Waals surface area contributed by atoms with Crippen LogP contribution in [0.15, 0.2) is 30.3 Å². The van der Waals surface area contributed by atoms with E-state index >= 15 is 0 Å². The fourth-order valence-electron chi connectivity index (χ4n) is 5.19. The van der Waals surface area contributed by atoms with E-state index in [9.17, 15) is 19.2 Å². The van der Waals surface area contributed by atoms with Crippen molar-refractivity contribution in [2.24, 2.45) is 23.2 Å². The third kappa shape index (κ3) is 11.4. The Morgan fingerprint density at radius 2 is 1.59 bits per heavy atom. The van der Waals surface area contributed by atoms with Gasteiger partial charge in [0, 0.05) is 12.5 Å². The minimum Gasteiger partial charge on any atom is -0.466 e. The van der Waals surface area contributed by atoms with E-state index in [1.54, 1.807) is 27.7 Å². The molecule has 0 radical (unpaired) electrons. The van der Waals surface area contributed by atoms with Crippen LogP contribution in [0.4, 0.5) is 4.79 Å². The largest absolute Gasteiger partial charge is 0.466 e. The number of carbonyl (C=O) groups excluding carboxylic acids is 4. The molecule has 0 spiro atoms. The lowest BCUT2D eigenvalue weighted by molar-refractivity contribution is -0.150. The normalized spacial score (nSPS) is 19.7. The number of carbonyl (C=O) groups is 4. The van der Waals surface area contributed by atoms with Gasteiger partial charge >= 0.3 is 18.0 Å². The summed E-state index contributed by atoms with van der Waals surface area (Å²) in [6.45, 7) is 15.5.